The summed E-state index contributed by atoms with van der Waals surface area (Å²) in [5.41, 5.74) is 3.54. The first-order valence-electron chi connectivity index (χ1n) is 9.89. The van der Waals surface area contributed by atoms with Gasteiger partial charge in [0.1, 0.15) is 0 Å². The van der Waals surface area contributed by atoms with Crippen LogP contribution >= 0.6 is 11.6 Å². The summed E-state index contributed by atoms with van der Waals surface area (Å²) in [7, 11) is 0. The summed E-state index contributed by atoms with van der Waals surface area (Å²) < 4.78 is 5.59. The fourth-order valence-corrected chi connectivity index (χ4v) is 3.75. The zero-order chi connectivity index (χ0) is 20.0. The highest BCUT2D eigenvalue weighted by atomic mass is 35.5. The van der Waals surface area contributed by atoms with Crippen LogP contribution in [0.2, 0.25) is 5.02 Å². The highest BCUT2D eigenvalue weighted by Crippen LogP contribution is 2.35. The minimum Gasteiger partial charge on any atom is -0.381 e. The Morgan fingerprint density at radius 1 is 1.11 bits per heavy atom. The van der Waals surface area contributed by atoms with E-state index in [0.29, 0.717) is 6.54 Å². The van der Waals surface area contributed by atoms with Crippen molar-refractivity contribution in [1.29, 1.82) is 0 Å². The average molecular weight is 401 g/mol. The summed E-state index contributed by atoms with van der Waals surface area (Å²) in [5, 5.41) is 7.21. The van der Waals surface area contributed by atoms with Gasteiger partial charge in [-0.05, 0) is 49.9 Å². The van der Waals surface area contributed by atoms with Crippen molar-refractivity contribution in [2.45, 2.75) is 44.7 Å². The smallest absolute Gasteiger partial charge is 0.237 e. The maximum Gasteiger partial charge on any atom is 0.237 e. The molecule has 5 heteroatoms. The van der Waals surface area contributed by atoms with Crippen molar-refractivity contribution in [2.75, 3.05) is 19.8 Å². The predicted molar refractivity (Wildman–Crippen MR) is 114 cm³/mol. The molecule has 28 heavy (non-hydrogen) atoms. The van der Waals surface area contributed by atoms with Crippen LogP contribution in [0.3, 0.4) is 0 Å². The molecule has 3 rings (SSSR count). The monoisotopic (exact) mass is 400 g/mol. The molecule has 0 radical (unpaired) electrons. The third kappa shape index (κ3) is 5.34. The number of amides is 1. The van der Waals surface area contributed by atoms with E-state index >= 15 is 0 Å². The van der Waals surface area contributed by atoms with Crippen molar-refractivity contribution in [1.82, 2.24) is 10.6 Å². The van der Waals surface area contributed by atoms with Crippen LogP contribution in [0.4, 0.5) is 0 Å². The molecule has 1 aliphatic heterocycles. The lowest BCUT2D eigenvalue weighted by atomic mass is 9.74. The summed E-state index contributed by atoms with van der Waals surface area (Å²) in [6, 6.07) is 16.0. The van der Waals surface area contributed by atoms with Gasteiger partial charge in [0.2, 0.25) is 5.91 Å². The van der Waals surface area contributed by atoms with Crippen molar-refractivity contribution in [3.8, 4) is 0 Å². The number of hydrogen-bond donors (Lipinski definition) is 2. The van der Waals surface area contributed by atoms with E-state index in [4.69, 9.17) is 16.3 Å². The van der Waals surface area contributed by atoms with E-state index in [1.54, 1.807) is 0 Å². The number of aryl methyl sites for hydroxylation is 1. The zero-order valence-corrected chi connectivity index (χ0v) is 17.4. The van der Waals surface area contributed by atoms with Gasteiger partial charge in [0, 0.05) is 36.7 Å². The molecular weight excluding hydrogens is 372 g/mol. The van der Waals surface area contributed by atoms with Crippen molar-refractivity contribution in [2.24, 2.45) is 0 Å². The fraction of sp³-hybridized carbons (Fsp3) is 0.435. The number of hydrogen-bond acceptors (Lipinski definition) is 3. The normalized spacial score (nSPS) is 17.1. The van der Waals surface area contributed by atoms with Crippen LogP contribution in [-0.2, 0) is 21.5 Å². The minimum absolute atomic E-state index is 0.0129. The summed E-state index contributed by atoms with van der Waals surface area (Å²) in [6.07, 6.45) is 1.86. The van der Waals surface area contributed by atoms with Crippen LogP contribution in [0.25, 0.3) is 0 Å². The fourth-order valence-electron chi connectivity index (χ4n) is 3.62. The van der Waals surface area contributed by atoms with Crippen molar-refractivity contribution >= 4 is 17.5 Å². The number of rotatable bonds is 7. The van der Waals surface area contributed by atoms with Gasteiger partial charge in [-0.1, -0.05) is 53.6 Å². The quantitative estimate of drug-likeness (QED) is 0.738. The number of nitrogens with one attached hydrogen (secondary N) is 2. The van der Waals surface area contributed by atoms with Crippen molar-refractivity contribution in [3.63, 3.8) is 0 Å². The van der Waals surface area contributed by atoms with Gasteiger partial charge in [0.25, 0.3) is 0 Å². The van der Waals surface area contributed by atoms with Crippen LogP contribution in [0.1, 0.15) is 36.5 Å². The largest absolute Gasteiger partial charge is 0.381 e. The summed E-state index contributed by atoms with van der Waals surface area (Å²) in [6.45, 7) is 6.72. The molecule has 0 aromatic heterocycles. The number of carbonyl (C=O) groups is 1. The molecule has 0 spiro atoms. The predicted octanol–water partition coefficient (Wildman–Crippen LogP) is 3.99. The van der Waals surface area contributed by atoms with E-state index in [0.717, 1.165) is 43.2 Å². The Bertz CT molecular complexity index is 768. The van der Waals surface area contributed by atoms with E-state index in [9.17, 15) is 4.79 Å². The van der Waals surface area contributed by atoms with Gasteiger partial charge in [-0.25, -0.2) is 0 Å². The van der Waals surface area contributed by atoms with Crippen LogP contribution < -0.4 is 10.6 Å². The molecule has 150 valence electrons. The number of benzene rings is 2. The zero-order valence-electron chi connectivity index (χ0n) is 16.6. The van der Waals surface area contributed by atoms with E-state index in [-0.39, 0.29) is 17.4 Å². The van der Waals surface area contributed by atoms with Crippen LogP contribution in [0.5, 0.6) is 0 Å². The van der Waals surface area contributed by atoms with Crippen LogP contribution in [-0.4, -0.2) is 31.7 Å². The third-order valence-corrected chi connectivity index (χ3v) is 5.89. The summed E-state index contributed by atoms with van der Waals surface area (Å²) in [5.74, 6) is 0.0129. The van der Waals surface area contributed by atoms with E-state index in [1.165, 1.54) is 11.1 Å². The number of carbonyl (C=O) groups excluding carboxylic acids is 1. The van der Waals surface area contributed by atoms with Gasteiger partial charge in [-0.3, -0.25) is 4.79 Å². The Morgan fingerprint density at radius 2 is 1.75 bits per heavy atom. The molecule has 1 heterocycles. The van der Waals surface area contributed by atoms with Crippen molar-refractivity contribution < 1.29 is 9.53 Å². The first-order chi connectivity index (χ1) is 13.5. The maximum atomic E-state index is 12.5. The summed E-state index contributed by atoms with van der Waals surface area (Å²) >= 11 is 6.07. The Morgan fingerprint density at radius 3 is 2.39 bits per heavy atom. The molecule has 4 nitrogen and oxygen atoms in total. The number of halogens is 1. The van der Waals surface area contributed by atoms with Crippen LogP contribution in [0.15, 0.2) is 48.5 Å². The molecule has 0 bridgehead atoms. The SMILES string of the molecule is Cc1ccc(CNC(=O)C(C)NCC2(c3ccc(Cl)cc3)CCOCC2)cc1. The highest BCUT2D eigenvalue weighted by molar-refractivity contribution is 6.30. The Labute approximate surface area is 172 Å². The molecule has 0 aliphatic carbocycles. The average Bonchev–Trinajstić information content (AvgIpc) is 2.72. The second-order valence-corrected chi connectivity index (χ2v) is 8.14. The lowest BCUT2D eigenvalue weighted by Gasteiger charge is -2.38. The Kier molecular flexibility index (Phi) is 7.11. The molecule has 1 saturated heterocycles. The molecule has 1 amide bonds. The lowest BCUT2D eigenvalue weighted by molar-refractivity contribution is -0.123. The Balaban J connectivity index is 1.58. The second-order valence-electron chi connectivity index (χ2n) is 7.71. The van der Waals surface area contributed by atoms with E-state index in [2.05, 4.69) is 41.8 Å². The molecular formula is C23H29ClN2O2. The van der Waals surface area contributed by atoms with Crippen molar-refractivity contribution in [3.05, 3.63) is 70.2 Å². The molecule has 1 fully saturated rings. The Hall–Kier alpha value is -1.88. The van der Waals surface area contributed by atoms with Gasteiger partial charge >= 0.3 is 0 Å². The highest BCUT2D eigenvalue weighted by Gasteiger charge is 2.35. The van der Waals surface area contributed by atoms with E-state index in [1.807, 2.05) is 31.2 Å². The topological polar surface area (TPSA) is 50.4 Å². The molecule has 2 aromatic rings. The third-order valence-electron chi connectivity index (χ3n) is 5.63. The first-order valence-corrected chi connectivity index (χ1v) is 10.3. The standard InChI is InChI=1S/C23H29ClN2O2/c1-17-3-5-19(6-4-17)15-25-22(27)18(2)26-16-23(11-13-28-14-12-23)20-7-9-21(24)10-8-20/h3-10,18,26H,11-16H2,1-2H3,(H,25,27). The molecule has 2 aromatic carbocycles. The van der Waals surface area contributed by atoms with Crippen LogP contribution in [0, 0.1) is 6.92 Å². The second kappa shape index (κ2) is 9.55. The molecule has 1 aliphatic rings. The first kappa shape index (κ1) is 20.8. The van der Waals surface area contributed by atoms with Gasteiger partial charge in [0.15, 0.2) is 0 Å². The summed E-state index contributed by atoms with van der Waals surface area (Å²) in [4.78, 5) is 12.5. The maximum absolute atomic E-state index is 12.5. The molecule has 2 N–H and O–H groups in total. The number of ether oxygens (including phenoxy) is 1. The lowest BCUT2D eigenvalue weighted by Crippen LogP contribution is -2.49. The van der Waals surface area contributed by atoms with Gasteiger partial charge in [-0.15, -0.1) is 0 Å². The minimum atomic E-state index is -0.266. The molecule has 1 atom stereocenters. The van der Waals surface area contributed by atoms with E-state index < -0.39 is 0 Å². The van der Waals surface area contributed by atoms with Gasteiger partial charge in [-0.2, -0.15) is 0 Å². The van der Waals surface area contributed by atoms with Gasteiger partial charge in [0.05, 0.1) is 6.04 Å². The molecule has 1 unspecified atom stereocenters. The molecule has 0 saturated carbocycles. The van der Waals surface area contributed by atoms with Gasteiger partial charge < -0.3 is 15.4 Å².